The predicted octanol–water partition coefficient (Wildman–Crippen LogP) is 1.87. The maximum absolute atomic E-state index is 12.5. The molecule has 0 aliphatic carbocycles. The van der Waals surface area contributed by atoms with Gasteiger partial charge in [-0.05, 0) is 26.3 Å². The molecule has 1 rings (SSSR count). The Bertz CT molecular complexity index is 243. The molecule has 1 N–H and O–H groups in total. The van der Waals surface area contributed by atoms with Crippen LogP contribution in [0.4, 0.5) is 13.2 Å². The van der Waals surface area contributed by atoms with E-state index in [0.717, 1.165) is 0 Å². The molecule has 0 aromatic heterocycles. The maximum atomic E-state index is 12.5. The van der Waals surface area contributed by atoms with Crippen LogP contribution in [0.1, 0.15) is 26.2 Å². The third-order valence-corrected chi connectivity index (χ3v) is 2.68. The summed E-state index contributed by atoms with van der Waals surface area (Å²) in [5.74, 6) is -1.74. The molecule has 6 heteroatoms. The van der Waals surface area contributed by atoms with Crippen molar-refractivity contribution in [2.24, 2.45) is 5.92 Å². The summed E-state index contributed by atoms with van der Waals surface area (Å²) < 4.78 is 42.1. The first-order valence-corrected chi connectivity index (χ1v) is 5.39. The van der Waals surface area contributed by atoms with Crippen LogP contribution < -0.4 is 5.32 Å². The van der Waals surface area contributed by atoms with E-state index in [4.69, 9.17) is 4.74 Å². The van der Waals surface area contributed by atoms with Crippen LogP contribution in [0.15, 0.2) is 0 Å². The van der Waals surface area contributed by atoms with Gasteiger partial charge in [0.25, 0.3) is 0 Å². The Morgan fingerprint density at radius 2 is 2.19 bits per heavy atom. The molecule has 0 spiro atoms. The number of hydrogen-bond donors (Lipinski definition) is 1. The number of hydrogen-bond acceptors (Lipinski definition) is 3. The lowest BCUT2D eigenvalue weighted by Gasteiger charge is -2.31. The van der Waals surface area contributed by atoms with Gasteiger partial charge in [0.05, 0.1) is 18.9 Å². The van der Waals surface area contributed by atoms with Gasteiger partial charge >= 0.3 is 12.1 Å². The van der Waals surface area contributed by atoms with E-state index in [9.17, 15) is 18.0 Å². The molecule has 1 heterocycles. The van der Waals surface area contributed by atoms with Gasteiger partial charge < -0.3 is 10.1 Å². The van der Waals surface area contributed by atoms with Gasteiger partial charge in [0.15, 0.2) is 0 Å². The molecule has 0 aromatic carbocycles. The maximum Gasteiger partial charge on any atom is 0.391 e. The van der Waals surface area contributed by atoms with E-state index in [2.05, 4.69) is 5.32 Å². The Hall–Kier alpha value is -0.780. The molecule has 0 radical (unpaired) electrons. The minimum atomic E-state index is -4.16. The molecule has 1 fully saturated rings. The zero-order valence-electron chi connectivity index (χ0n) is 9.14. The van der Waals surface area contributed by atoms with Crippen molar-refractivity contribution in [1.29, 1.82) is 0 Å². The molecule has 0 bridgehead atoms. The average Bonchev–Trinajstić information content (AvgIpc) is 2.17. The summed E-state index contributed by atoms with van der Waals surface area (Å²) in [6.45, 7) is 2.23. The highest BCUT2D eigenvalue weighted by atomic mass is 19.4. The lowest BCUT2D eigenvalue weighted by atomic mass is 9.90. The van der Waals surface area contributed by atoms with E-state index in [1.807, 2.05) is 0 Å². The SMILES string of the molecule is CCOC(=O)C[C@@H]1C[C@H](C(F)(F)F)CCN1. The monoisotopic (exact) mass is 239 g/mol. The Morgan fingerprint density at radius 3 is 2.75 bits per heavy atom. The highest BCUT2D eigenvalue weighted by Crippen LogP contribution is 2.34. The molecule has 1 saturated heterocycles. The first-order chi connectivity index (χ1) is 7.43. The van der Waals surface area contributed by atoms with Crippen LogP contribution in [-0.4, -0.2) is 31.3 Å². The molecule has 0 unspecified atom stereocenters. The lowest BCUT2D eigenvalue weighted by molar-refractivity contribution is -0.184. The van der Waals surface area contributed by atoms with Crippen LogP contribution in [0.5, 0.6) is 0 Å². The highest BCUT2D eigenvalue weighted by molar-refractivity contribution is 5.70. The fourth-order valence-corrected chi connectivity index (χ4v) is 1.88. The van der Waals surface area contributed by atoms with Gasteiger partial charge in [-0.1, -0.05) is 0 Å². The second kappa shape index (κ2) is 5.52. The summed E-state index contributed by atoms with van der Waals surface area (Å²) in [5.41, 5.74) is 0. The number of ether oxygens (including phenoxy) is 1. The van der Waals surface area contributed by atoms with Gasteiger partial charge in [0, 0.05) is 6.04 Å². The van der Waals surface area contributed by atoms with Crippen LogP contribution in [0, 0.1) is 5.92 Å². The fraction of sp³-hybridized carbons (Fsp3) is 0.900. The molecule has 2 atom stereocenters. The zero-order chi connectivity index (χ0) is 12.2. The van der Waals surface area contributed by atoms with Crippen molar-refractivity contribution in [3.8, 4) is 0 Å². The molecular weight excluding hydrogens is 223 g/mol. The van der Waals surface area contributed by atoms with Crippen LogP contribution in [0.25, 0.3) is 0 Å². The molecule has 0 saturated carbocycles. The third kappa shape index (κ3) is 4.00. The Labute approximate surface area is 92.3 Å². The topological polar surface area (TPSA) is 38.3 Å². The van der Waals surface area contributed by atoms with Crippen molar-refractivity contribution in [2.45, 2.75) is 38.4 Å². The minimum Gasteiger partial charge on any atom is -0.466 e. The van der Waals surface area contributed by atoms with E-state index in [0.29, 0.717) is 6.54 Å². The van der Waals surface area contributed by atoms with Crippen LogP contribution in [0.3, 0.4) is 0 Å². The zero-order valence-corrected chi connectivity index (χ0v) is 9.14. The van der Waals surface area contributed by atoms with E-state index in [1.54, 1.807) is 6.92 Å². The quantitative estimate of drug-likeness (QED) is 0.764. The van der Waals surface area contributed by atoms with Crippen molar-refractivity contribution in [2.75, 3.05) is 13.2 Å². The fourth-order valence-electron chi connectivity index (χ4n) is 1.88. The highest BCUT2D eigenvalue weighted by Gasteiger charge is 2.42. The van der Waals surface area contributed by atoms with Crippen molar-refractivity contribution in [3.63, 3.8) is 0 Å². The second-order valence-electron chi connectivity index (χ2n) is 3.92. The number of halogens is 3. The standard InChI is InChI=1S/C10H16F3NO2/c1-2-16-9(15)6-8-5-7(3-4-14-8)10(11,12)13/h7-8,14H,2-6H2,1H3/t7-,8+/m1/s1. The summed E-state index contributed by atoms with van der Waals surface area (Å²) in [4.78, 5) is 11.1. The number of alkyl halides is 3. The summed E-state index contributed by atoms with van der Waals surface area (Å²) in [6, 6.07) is -0.417. The van der Waals surface area contributed by atoms with Gasteiger partial charge in [-0.25, -0.2) is 0 Å². The molecule has 1 aliphatic rings. The van der Waals surface area contributed by atoms with Crippen LogP contribution in [0.2, 0.25) is 0 Å². The molecule has 3 nitrogen and oxygen atoms in total. The summed E-state index contributed by atoms with van der Waals surface area (Å²) >= 11 is 0. The minimum absolute atomic E-state index is 0.0143. The van der Waals surface area contributed by atoms with Crippen LogP contribution in [-0.2, 0) is 9.53 Å². The number of rotatable bonds is 3. The lowest BCUT2D eigenvalue weighted by Crippen LogP contribution is -2.43. The van der Waals surface area contributed by atoms with Crippen LogP contribution >= 0.6 is 0 Å². The van der Waals surface area contributed by atoms with Crippen molar-refractivity contribution in [1.82, 2.24) is 5.32 Å². The largest absolute Gasteiger partial charge is 0.466 e. The van der Waals surface area contributed by atoms with Crippen molar-refractivity contribution >= 4 is 5.97 Å². The van der Waals surface area contributed by atoms with Crippen molar-refractivity contribution < 1.29 is 22.7 Å². The van der Waals surface area contributed by atoms with E-state index in [1.165, 1.54) is 0 Å². The van der Waals surface area contributed by atoms with Gasteiger partial charge in [0.1, 0.15) is 0 Å². The van der Waals surface area contributed by atoms with Gasteiger partial charge in [-0.2, -0.15) is 13.2 Å². The van der Waals surface area contributed by atoms with E-state index in [-0.39, 0.29) is 25.9 Å². The molecule has 0 aromatic rings. The van der Waals surface area contributed by atoms with Gasteiger partial charge in [-0.15, -0.1) is 0 Å². The summed E-state index contributed by atoms with van der Waals surface area (Å²) in [7, 11) is 0. The summed E-state index contributed by atoms with van der Waals surface area (Å²) in [5, 5.41) is 2.91. The molecular formula is C10H16F3NO2. The molecule has 1 aliphatic heterocycles. The predicted molar refractivity (Wildman–Crippen MR) is 51.8 cm³/mol. The number of carbonyl (C=O) groups is 1. The smallest absolute Gasteiger partial charge is 0.391 e. The Morgan fingerprint density at radius 1 is 1.50 bits per heavy atom. The summed E-state index contributed by atoms with van der Waals surface area (Å²) in [6.07, 6.45) is -4.10. The van der Waals surface area contributed by atoms with E-state index < -0.39 is 24.1 Å². The Kier molecular flexibility index (Phi) is 4.58. The molecule has 16 heavy (non-hydrogen) atoms. The normalized spacial score (nSPS) is 26.5. The first kappa shape index (κ1) is 13.3. The number of piperidine rings is 1. The second-order valence-corrected chi connectivity index (χ2v) is 3.92. The number of esters is 1. The third-order valence-electron chi connectivity index (χ3n) is 2.68. The molecule has 94 valence electrons. The number of carbonyl (C=O) groups excluding carboxylic acids is 1. The average molecular weight is 239 g/mol. The first-order valence-electron chi connectivity index (χ1n) is 5.39. The van der Waals surface area contributed by atoms with E-state index >= 15 is 0 Å². The van der Waals surface area contributed by atoms with Gasteiger partial charge in [0.2, 0.25) is 0 Å². The van der Waals surface area contributed by atoms with Gasteiger partial charge in [-0.3, -0.25) is 4.79 Å². The Balaban J connectivity index is 2.42. The molecule has 0 amide bonds. The van der Waals surface area contributed by atoms with Crippen molar-refractivity contribution in [3.05, 3.63) is 0 Å². The number of nitrogens with one attached hydrogen (secondary N) is 1.